The molecule has 19 heavy (non-hydrogen) atoms. The number of nitrogens with zero attached hydrogens (tertiary/aromatic N) is 2. The summed E-state index contributed by atoms with van der Waals surface area (Å²) in [6.07, 6.45) is 6.12. The van der Waals surface area contributed by atoms with Crippen molar-refractivity contribution in [1.82, 2.24) is 10.2 Å². The molecule has 0 aromatic heterocycles. The quantitative estimate of drug-likeness (QED) is 0.686. The molecule has 0 spiro atoms. The number of nitriles is 1. The highest BCUT2D eigenvalue weighted by atomic mass is 15.1. The predicted molar refractivity (Wildman–Crippen MR) is 81.0 cm³/mol. The minimum atomic E-state index is -0.148. The molecule has 1 fully saturated rings. The maximum atomic E-state index is 9.00. The lowest BCUT2D eigenvalue weighted by Gasteiger charge is -2.29. The summed E-state index contributed by atoms with van der Waals surface area (Å²) in [7, 11) is 0. The molecule has 1 rings (SSSR count). The fraction of sp³-hybridized carbons (Fsp3) is 0.938. The van der Waals surface area contributed by atoms with Crippen LogP contribution >= 0.6 is 0 Å². The van der Waals surface area contributed by atoms with Gasteiger partial charge in [0, 0.05) is 6.54 Å². The summed E-state index contributed by atoms with van der Waals surface area (Å²) in [6.45, 7) is 12.3. The van der Waals surface area contributed by atoms with E-state index in [0.29, 0.717) is 0 Å². The van der Waals surface area contributed by atoms with E-state index in [1.54, 1.807) is 0 Å². The molecule has 1 aliphatic rings. The second-order valence-corrected chi connectivity index (χ2v) is 6.56. The molecule has 0 amide bonds. The first kappa shape index (κ1) is 16.5. The van der Waals surface area contributed by atoms with Gasteiger partial charge in [-0.1, -0.05) is 13.3 Å². The van der Waals surface area contributed by atoms with Crippen LogP contribution in [0.3, 0.4) is 0 Å². The maximum Gasteiger partial charge on any atom is 0.0683 e. The van der Waals surface area contributed by atoms with Gasteiger partial charge >= 0.3 is 0 Å². The van der Waals surface area contributed by atoms with E-state index in [0.717, 1.165) is 18.9 Å². The van der Waals surface area contributed by atoms with E-state index in [4.69, 9.17) is 5.26 Å². The highest BCUT2D eigenvalue weighted by molar-refractivity contribution is 4.91. The molecule has 1 unspecified atom stereocenters. The van der Waals surface area contributed by atoms with Crippen molar-refractivity contribution in [2.75, 3.05) is 32.7 Å². The van der Waals surface area contributed by atoms with Gasteiger partial charge in [-0.15, -0.1) is 0 Å². The third-order valence-electron chi connectivity index (χ3n) is 4.19. The van der Waals surface area contributed by atoms with Crippen molar-refractivity contribution in [3.63, 3.8) is 0 Å². The van der Waals surface area contributed by atoms with Crippen LogP contribution in [0.15, 0.2) is 0 Å². The average molecular weight is 265 g/mol. The molecule has 3 nitrogen and oxygen atoms in total. The van der Waals surface area contributed by atoms with E-state index in [1.165, 1.54) is 51.9 Å². The predicted octanol–water partition coefficient (Wildman–Crippen LogP) is 3.03. The van der Waals surface area contributed by atoms with Gasteiger partial charge in [0.2, 0.25) is 0 Å². The van der Waals surface area contributed by atoms with Crippen molar-refractivity contribution in [1.29, 1.82) is 5.26 Å². The van der Waals surface area contributed by atoms with Crippen LogP contribution in [0.1, 0.15) is 52.9 Å². The summed E-state index contributed by atoms with van der Waals surface area (Å²) in [4.78, 5) is 2.58. The first-order chi connectivity index (χ1) is 9.07. The van der Waals surface area contributed by atoms with Crippen LogP contribution in [-0.4, -0.2) is 37.6 Å². The Morgan fingerprint density at radius 2 is 2.16 bits per heavy atom. The molecule has 1 heterocycles. The summed E-state index contributed by atoms with van der Waals surface area (Å²) in [5.41, 5.74) is -0.148. The molecule has 1 N–H and O–H groups in total. The van der Waals surface area contributed by atoms with Crippen molar-refractivity contribution in [3.05, 3.63) is 0 Å². The van der Waals surface area contributed by atoms with Gasteiger partial charge in [0.1, 0.15) is 0 Å². The molecule has 0 aromatic rings. The fourth-order valence-corrected chi connectivity index (χ4v) is 2.78. The van der Waals surface area contributed by atoms with Gasteiger partial charge in [-0.2, -0.15) is 5.26 Å². The van der Waals surface area contributed by atoms with Gasteiger partial charge < -0.3 is 10.2 Å². The van der Waals surface area contributed by atoms with Crippen LogP contribution in [0.4, 0.5) is 0 Å². The van der Waals surface area contributed by atoms with Crippen molar-refractivity contribution >= 4 is 0 Å². The Balaban J connectivity index is 2.16. The molecule has 0 radical (unpaired) electrons. The first-order valence-electron chi connectivity index (χ1n) is 7.91. The van der Waals surface area contributed by atoms with E-state index < -0.39 is 0 Å². The van der Waals surface area contributed by atoms with Gasteiger partial charge in [-0.25, -0.2) is 0 Å². The van der Waals surface area contributed by atoms with E-state index in [9.17, 15) is 0 Å². The zero-order chi connectivity index (χ0) is 14.1. The van der Waals surface area contributed by atoms with Gasteiger partial charge in [0.05, 0.1) is 11.5 Å². The minimum Gasteiger partial charge on any atom is -0.316 e. The Bertz CT molecular complexity index is 274. The van der Waals surface area contributed by atoms with E-state index in [1.807, 2.05) is 13.8 Å². The molecule has 0 aliphatic carbocycles. The Morgan fingerprint density at radius 1 is 1.37 bits per heavy atom. The molecule has 0 aromatic carbocycles. The smallest absolute Gasteiger partial charge is 0.0683 e. The van der Waals surface area contributed by atoms with Crippen LogP contribution in [0.2, 0.25) is 0 Å². The molecule has 3 heteroatoms. The van der Waals surface area contributed by atoms with Gasteiger partial charge in [0.25, 0.3) is 0 Å². The second-order valence-electron chi connectivity index (χ2n) is 6.56. The van der Waals surface area contributed by atoms with Gasteiger partial charge in [0.15, 0.2) is 0 Å². The molecule has 110 valence electrons. The van der Waals surface area contributed by atoms with Crippen molar-refractivity contribution < 1.29 is 0 Å². The summed E-state index contributed by atoms with van der Waals surface area (Å²) in [5.74, 6) is 0.837. The summed E-state index contributed by atoms with van der Waals surface area (Å²) in [5, 5.41) is 12.5. The minimum absolute atomic E-state index is 0.148. The van der Waals surface area contributed by atoms with Crippen molar-refractivity contribution in [3.8, 4) is 6.07 Å². The largest absolute Gasteiger partial charge is 0.316 e. The zero-order valence-corrected chi connectivity index (χ0v) is 13.0. The highest BCUT2D eigenvalue weighted by Crippen LogP contribution is 2.21. The number of piperidine rings is 1. The molecule has 1 aliphatic heterocycles. The second kappa shape index (κ2) is 8.55. The molecular weight excluding hydrogens is 234 g/mol. The monoisotopic (exact) mass is 265 g/mol. The lowest BCUT2D eigenvalue weighted by atomic mass is 9.89. The van der Waals surface area contributed by atoms with Crippen molar-refractivity contribution in [2.45, 2.75) is 52.9 Å². The Morgan fingerprint density at radius 3 is 2.74 bits per heavy atom. The number of nitrogens with one attached hydrogen (secondary N) is 1. The summed E-state index contributed by atoms with van der Waals surface area (Å²) >= 11 is 0. The van der Waals surface area contributed by atoms with Gasteiger partial charge in [-0.05, 0) is 71.6 Å². The van der Waals surface area contributed by atoms with Crippen LogP contribution in [-0.2, 0) is 0 Å². The van der Waals surface area contributed by atoms with E-state index in [-0.39, 0.29) is 5.41 Å². The maximum absolute atomic E-state index is 9.00. The third kappa shape index (κ3) is 6.94. The highest BCUT2D eigenvalue weighted by Gasteiger charge is 2.17. The third-order valence-corrected chi connectivity index (χ3v) is 4.19. The molecule has 0 saturated carbocycles. The SMILES string of the molecule is CCN(CCCCC(C)(C)C#N)CC1CCCNC1. The molecule has 1 atom stereocenters. The number of hydrogen-bond donors (Lipinski definition) is 1. The Labute approximate surface area is 119 Å². The van der Waals surface area contributed by atoms with Gasteiger partial charge in [-0.3, -0.25) is 0 Å². The first-order valence-corrected chi connectivity index (χ1v) is 7.91. The number of rotatable bonds is 8. The average Bonchev–Trinajstić information content (AvgIpc) is 2.43. The number of hydrogen-bond acceptors (Lipinski definition) is 3. The van der Waals surface area contributed by atoms with Crippen LogP contribution in [0.25, 0.3) is 0 Å². The zero-order valence-electron chi connectivity index (χ0n) is 13.0. The summed E-state index contributed by atoms with van der Waals surface area (Å²) < 4.78 is 0. The Kier molecular flexibility index (Phi) is 7.41. The lowest BCUT2D eigenvalue weighted by molar-refractivity contribution is 0.211. The normalized spacial score (nSPS) is 20.5. The molecular formula is C16H31N3. The lowest BCUT2D eigenvalue weighted by Crippen LogP contribution is -2.38. The van der Waals surface area contributed by atoms with Crippen molar-refractivity contribution in [2.24, 2.45) is 11.3 Å². The van der Waals surface area contributed by atoms with Crippen LogP contribution in [0, 0.1) is 22.7 Å². The summed E-state index contributed by atoms with van der Waals surface area (Å²) in [6, 6.07) is 2.39. The fourth-order valence-electron chi connectivity index (χ4n) is 2.78. The number of unbranched alkanes of at least 4 members (excludes halogenated alkanes) is 1. The molecule has 0 bridgehead atoms. The van der Waals surface area contributed by atoms with E-state index in [2.05, 4.69) is 23.2 Å². The Hall–Kier alpha value is -0.590. The van der Waals surface area contributed by atoms with E-state index >= 15 is 0 Å². The topological polar surface area (TPSA) is 39.1 Å². The molecule has 1 saturated heterocycles. The standard InChI is InChI=1S/C16H31N3/c1-4-19(13-15-8-7-10-18-12-15)11-6-5-9-16(2,3)14-17/h15,18H,4-13H2,1-3H3. The van der Waals surface area contributed by atoms with Crippen LogP contribution < -0.4 is 5.32 Å². The van der Waals surface area contributed by atoms with Crippen LogP contribution in [0.5, 0.6) is 0 Å².